The molecule has 0 saturated heterocycles. The minimum atomic E-state index is 0.536. The zero-order valence-electron chi connectivity index (χ0n) is 10.1. The van der Waals surface area contributed by atoms with E-state index in [9.17, 15) is 0 Å². The summed E-state index contributed by atoms with van der Waals surface area (Å²) in [6.07, 6.45) is 6.01. The number of hydrogen-bond donors (Lipinski definition) is 1. The zero-order valence-corrected chi connectivity index (χ0v) is 10.1. The molecule has 0 aliphatic heterocycles. The van der Waals surface area contributed by atoms with E-state index in [1.807, 2.05) is 13.2 Å². The van der Waals surface area contributed by atoms with E-state index in [0.29, 0.717) is 11.7 Å². The van der Waals surface area contributed by atoms with Gasteiger partial charge in [0.1, 0.15) is 0 Å². The molecule has 17 heavy (non-hydrogen) atoms. The smallest absolute Gasteiger partial charge is 0.227 e. The highest BCUT2D eigenvalue weighted by Crippen LogP contribution is 2.18. The first kappa shape index (κ1) is 11.4. The Hall–Kier alpha value is -2.11. The van der Waals surface area contributed by atoms with Gasteiger partial charge in [0.05, 0.1) is 30.9 Å². The van der Waals surface area contributed by atoms with Gasteiger partial charge in [-0.2, -0.15) is 5.10 Å². The molecule has 2 aromatic rings. The minimum Gasteiger partial charge on any atom is -0.494 e. The summed E-state index contributed by atoms with van der Waals surface area (Å²) in [4.78, 5) is 8.29. The number of anilines is 2. The van der Waals surface area contributed by atoms with E-state index >= 15 is 0 Å². The van der Waals surface area contributed by atoms with Crippen molar-refractivity contribution < 1.29 is 4.74 Å². The number of hydrogen-bond acceptors (Lipinski definition) is 5. The second kappa shape index (κ2) is 4.82. The molecular weight excluding hydrogens is 218 g/mol. The first-order chi connectivity index (χ1) is 8.22. The third-order valence-electron chi connectivity index (χ3n) is 2.35. The van der Waals surface area contributed by atoms with E-state index in [2.05, 4.69) is 27.3 Å². The van der Waals surface area contributed by atoms with E-state index in [4.69, 9.17) is 4.74 Å². The third-order valence-corrected chi connectivity index (χ3v) is 2.35. The summed E-state index contributed by atoms with van der Waals surface area (Å²) in [6.45, 7) is 2.06. The average molecular weight is 233 g/mol. The van der Waals surface area contributed by atoms with Gasteiger partial charge in [0.15, 0.2) is 5.75 Å². The number of aromatic nitrogens is 4. The first-order valence-corrected chi connectivity index (χ1v) is 5.38. The summed E-state index contributed by atoms with van der Waals surface area (Å²) in [7, 11) is 3.47. The summed E-state index contributed by atoms with van der Waals surface area (Å²) in [5.41, 5.74) is 1.92. The second-order valence-electron chi connectivity index (χ2n) is 3.59. The summed E-state index contributed by atoms with van der Waals surface area (Å²) >= 11 is 0. The van der Waals surface area contributed by atoms with Gasteiger partial charge >= 0.3 is 0 Å². The van der Waals surface area contributed by atoms with Crippen LogP contribution in [0.1, 0.15) is 12.6 Å². The zero-order chi connectivity index (χ0) is 12.3. The van der Waals surface area contributed by atoms with Crippen LogP contribution in [0.5, 0.6) is 5.75 Å². The summed E-state index contributed by atoms with van der Waals surface area (Å²) in [5.74, 6) is 1.17. The Labute approximate surface area is 99.7 Å². The lowest BCUT2D eigenvalue weighted by atomic mass is 10.3. The van der Waals surface area contributed by atoms with Crippen LogP contribution in [0.2, 0.25) is 0 Å². The van der Waals surface area contributed by atoms with Crippen LogP contribution >= 0.6 is 0 Å². The highest BCUT2D eigenvalue weighted by molar-refractivity contribution is 5.55. The molecule has 0 saturated carbocycles. The van der Waals surface area contributed by atoms with Gasteiger partial charge in [0.2, 0.25) is 5.95 Å². The van der Waals surface area contributed by atoms with Crippen molar-refractivity contribution in [3.8, 4) is 5.75 Å². The SMILES string of the molecule is CCc1nn(C)cc1Nc1ncc(OC)cn1. The molecule has 0 atom stereocenters. The van der Waals surface area contributed by atoms with Crippen LogP contribution in [0.15, 0.2) is 18.6 Å². The van der Waals surface area contributed by atoms with E-state index in [-0.39, 0.29) is 0 Å². The molecule has 0 bridgehead atoms. The Kier molecular flexibility index (Phi) is 3.22. The predicted molar refractivity (Wildman–Crippen MR) is 64.5 cm³/mol. The Balaban J connectivity index is 2.18. The van der Waals surface area contributed by atoms with Gasteiger partial charge < -0.3 is 10.1 Å². The molecule has 0 aromatic carbocycles. The third kappa shape index (κ3) is 2.52. The number of ether oxygens (including phenoxy) is 1. The molecule has 1 N–H and O–H groups in total. The van der Waals surface area contributed by atoms with Crippen molar-refractivity contribution in [3.05, 3.63) is 24.3 Å². The Morgan fingerprint density at radius 2 is 2.06 bits per heavy atom. The van der Waals surface area contributed by atoms with Gasteiger partial charge in [-0.25, -0.2) is 9.97 Å². The molecule has 0 fully saturated rings. The number of methoxy groups -OCH3 is 1. The predicted octanol–water partition coefficient (Wildman–Crippen LogP) is 1.52. The van der Waals surface area contributed by atoms with E-state index in [1.54, 1.807) is 24.2 Å². The van der Waals surface area contributed by atoms with Crippen molar-refractivity contribution in [2.75, 3.05) is 12.4 Å². The fraction of sp³-hybridized carbons (Fsp3) is 0.364. The number of nitrogens with zero attached hydrogens (tertiary/aromatic N) is 4. The quantitative estimate of drug-likeness (QED) is 0.867. The molecule has 2 rings (SSSR count). The van der Waals surface area contributed by atoms with Gasteiger partial charge in [0.25, 0.3) is 0 Å². The van der Waals surface area contributed by atoms with Crippen molar-refractivity contribution in [1.82, 2.24) is 19.7 Å². The van der Waals surface area contributed by atoms with Crippen LogP contribution < -0.4 is 10.1 Å². The lowest BCUT2D eigenvalue weighted by Gasteiger charge is -2.04. The molecule has 0 radical (unpaired) electrons. The van der Waals surface area contributed by atoms with Crippen LogP contribution in [0.3, 0.4) is 0 Å². The van der Waals surface area contributed by atoms with Crippen LogP contribution in [0.4, 0.5) is 11.6 Å². The van der Waals surface area contributed by atoms with Gasteiger partial charge in [-0.3, -0.25) is 4.68 Å². The maximum absolute atomic E-state index is 5.00. The molecule has 6 nitrogen and oxygen atoms in total. The topological polar surface area (TPSA) is 64.9 Å². The fourth-order valence-electron chi connectivity index (χ4n) is 1.51. The monoisotopic (exact) mass is 233 g/mol. The van der Waals surface area contributed by atoms with E-state index in [0.717, 1.165) is 17.8 Å². The molecular formula is C11H15N5O. The molecule has 2 heterocycles. The minimum absolute atomic E-state index is 0.536. The Bertz CT molecular complexity index is 491. The fourth-order valence-corrected chi connectivity index (χ4v) is 1.51. The van der Waals surface area contributed by atoms with Crippen LogP contribution in [-0.2, 0) is 13.5 Å². The highest BCUT2D eigenvalue weighted by Gasteiger charge is 2.07. The summed E-state index contributed by atoms with van der Waals surface area (Å²) in [6, 6.07) is 0. The number of aryl methyl sites for hydroxylation is 2. The first-order valence-electron chi connectivity index (χ1n) is 5.38. The van der Waals surface area contributed by atoms with Crippen molar-refractivity contribution >= 4 is 11.6 Å². The van der Waals surface area contributed by atoms with Crippen molar-refractivity contribution in [3.63, 3.8) is 0 Å². The number of nitrogens with one attached hydrogen (secondary N) is 1. The van der Waals surface area contributed by atoms with Gasteiger partial charge in [-0.15, -0.1) is 0 Å². The second-order valence-corrected chi connectivity index (χ2v) is 3.59. The normalized spacial score (nSPS) is 10.3. The molecule has 0 unspecified atom stereocenters. The van der Waals surface area contributed by atoms with Crippen molar-refractivity contribution in [2.24, 2.45) is 7.05 Å². The van der Waals surface area contributed by atoms with Crippen LogP contribution in [-0.4, -0.2) is 26.9 Å². The average Bonchev–Trinajstić information content (AvgIpc) is 2.70. The maximum Gasteiger partial charge on any atom is 0.227 e. The Morgan fingerprint density at radius 1 is 1.35 bits per heavy atom. The molecule has 0 spiro atoms. The van der Waals surface area contributed by atoms with Gasteiger partial charge in [-0.1, -0.05) is 6.92 Å². The molecule has 2 aromatic heterocycles. The largest absolute Gasteiger partial charge is 0.494 e. The molecule has 0 aliphatic rings. The van der Waals surface area contributed by atoms with Gasteiger partial charge in [-0.05, 0) is 6.42 Å². The van der Waals surface area contributed by atoms with E-state index in [1.165, 1.54) is 0 Å². The number of rotatable bonds is 4. The van der Waals surface area contributed by atoms with Crippen LogP contribution in [0, 0.1) is 0 Å². The molecule has 0 aliphatic carbocycles. The highest BCUT2D eigenvalue weighted by atomic mass is 16.5. The lowest BCUT2D eigenvalue weighted by molar-refractivity contribution is 0.411. The molecule has 6 heteroatoms. The standard InChI is InChI=1S/C11H15N5O/c1-4-9-10(7-16(2)15-9)14-11-12-5-8(17-3)6-13-11/h5-7H,4H2,1-3H3,(H,12,13,14). The molecule has 0 amide bonds. The Morgan fingerprint density at radius 3 is 2.65 bits per heavy atom. The van der Waals surface area contributed by atoms with E-state index < -0.39 is 0 Å². The van der Waals surface area contributed by atoms with Gasteiger partial charge in [0, 0.05) is 13.2 Å². The lowest BCUT2D eigenvalue weighted by Crippen LogP contribution is -1.98. The van der Waals surface area contributed by atoms with Crippen LogP contribution in [0.25, 0.3) is 0 Å². The summed E-state index contributed by atoms with van der Waals surface area (Å²) < 4.78 is 6.77. The molecule has 90 valence electrons. The van der Waals surface area contributed by atoms with Crippen molar-refractivity contribution in [2.45, 2.75) is 13.3 Å². The maximum atomic E-state index is 5.00. The van der Waals surface area contributed by atoms with Crippen molar-refractivity contribution in [1.29, 1.82) is 0 Å². The summed E-state index contributed by atoms with van der Waals surface area (Å²) in [5, 5.41) is 7.47.